The molecule has 0 unspecified atom stereocenters. The molecule has 0 heterocycles. The lowest BCUT2D eigenvalue weighted by Crippen LogP contribution is -2.18. The summed E-state index contributed by atoms with van der Waals surface area (Å²) < 4.78 is 50.3. The van der Waals surface area contributed by atoms with Gasteiger partial charge in [-0.3, -0.25) is 4.79 Å². The zero-order valence-electron chi connectivity index (χ0n) is 17.4. The van der Waals surface area contributed by atoms with Gasteiger partial charge < -0.3 is 19.7 Å². The molecular formula is C21H24ClF3N2O3. The quantitative estimate of drug-likeness (QED) is 0.593. The van der Waals surface area contributed by atoms with E-state index in [1.807, 2.05) is 13.8 Å². The second-order valence-corrected chi connectivity index (χ2v) is 7.68. The molecule has 0 fully saturated rings. The number of ether oxygens (including phenoxy) is 2. The number of nitrogens with one attached hydrogen (secondary N) is 1. The summed E-state index contributed by atoms with van der Waals surface area (Å²) in [5.74, 6) is 0.176. The third kappa shape index (κ3) is 5.72. The monoisotopic (exact) mass is 444 g/mol. The summed E-state index contributed by atoms with van der Waals surface area (Å²) >= 11 is 6.27. The van der Waals surface area contributed by atoms with Crippen LogP contribution >= 0.6 is 11.6 Å². The van der Waals surface area contributed by atoms with Gasteiger partial charge in [-0.2, -0.15) is 13.2 Å². The van der Waals surface area contributed by atoms with Crippen LogP contribution < -0.4 is 19.7 Å². The number of carbonyl (C=O) groups is 1. The number of rotatable bonds is 7. The zero-order chi connectivity index (χ0) is 22.6. The molecule has 30 heavy (non-hydrogen) atoms. The topological polar surface area (TPSA) is 50.8 Å². The van der Waals surface area contributed by atoms with Crippen LogP contribution in [-0.4, -0.2) is 33.7 Å². The first-order valence-corrected chi connectivity index (χ1v) is 9.52. The lowest BCUT2D eigenvalue weighted by molar-refractivity contribution is -0.137. The van der Waals surface area contributed by atoms with E-state index < -0.39 is 17.6 Å². The number of nitrogens with zero attached hydrogens (tertiary/aromatic N) is 1. The van der Waals surface area contributed by atoms with Crippen molar-refractivity contribution >= 4 is 28.9 Å². The van der Waals surface area contributed by atoms with Crippen molar-refractivity contribution in [3.63, 3.8) is 0 Å². The first-order chi connectivity index (χ1) is 13.9. The fourth-order valence-electron chi connectivity index (χ4n) is 2.64. The highest BCUT2D eigenvalue weighted by Gasteiger charge is 2.31. The molecule has 1 amide bonds. The highest BCUT2D eigenvalue weighted by Crippen LogP contribution is 2.38. The average Bonchev–Trinajstić information content (AvgIpc) is 2.65. The first-order valence-electron chi connectivity index (χ1n) is 9.14. The Hall–Kier alpha value is -2.61. The third-order valence-corrected chi connectivity index (χ3v) is 4.39. The Balaban J connectivity index is 2.39. The molecule has 5 nitrogen and oxygen atoms in total. The van der Waals surface area contributed by atoms with Gasteiger partial charge in [0.05, 0.1) is 35.7 Å². The van der Waals surface area contributed by atoms with Crippen molar-refractivity contribution in [2.24, 2.45) is 5.92 Å². The maximum absolute atomic E-state index is 13.1. The highest BCUT2D eigenvalue weighted by atomic mass is 35.5. The lowest BCUT2D eigenvalue weighted by atomic mass is 10.1. The van der Waals surface area contributed by atoms with E-state index in [2.05, 4.69) is 5.32 Å². The minimum absolute atomic E-state index is 0.0232. The fraction of sp³-hybridized carbons (Fsp3) is 0.381. The minimum Gasteiger partial charge on any atom is -0.493 e. The summed E-state index contributed by atoms with van der Waals surface area (Å²) in [7, 11) is 4.74. The molecule has 1 N–H and O–H groups in total. The van der Waals surface area contributed by atoms with Crippen LogP contribution in [0.4, 0.5) is 24.5 Å². The average molecular weight is 445 g/mol. The van der Waals surface area contributed by atoms with Crippen molar-refractivity contribution in [2.75, 3.05) is 38.0 Å². The molecule has 0 atom stereocenters. The van der Waals surface area contributed by atoms with Crippen molar-refractivity contribution in [1.29, 1.82) is 0 Å². The number of carbonyl (C=O) groups excluding carboxylic acids is 1. The number of halogens is 4. The van der Waals surface area contributed by atoms with Crippen LogP contribution in [0.25, 0.3) is 0 Å². The molecule has 9 heteroatoms. The van der Waals surface area contributed by atoms with Crippen LogP contribution in [0.2, 0.25) is 5.02 Å². The van der Waals surface area contributed by atoms with Crippen LogP contribution in [0.3, 0.4) is 0 Å². The SMILES string of the molecule is COc1cc(C(=O)Nc2cc(C(F)(F)F)ccc2N(C)C)cc(Cl)c1OCC(C)C. The van der Waals surface area contributed by atoms with Gasteiger partial charge in [-0.25, -0.2) is 0 Å². The Morgan fingerprint density at radius 1 is 1.20 bits per heavy atom. The Morgan fingerprint density at radius 3 is 2.40 bits per heavy atom. The molecule has 2 aromatic carbocycles. The lowest BCUT2D eigenvalue weighted by Gasteiger charge is -2.20. The predicted molar refractivity (Wildman–Crippen MR) is 112 cm³/mol. The Morgan fingerprint density at radius 2 is 1.87 bits per heavy atom. The molecule has 0 aliphatic heterocycles. The van der Waals surface area contributed by atoms with E-state index in [0.717, 1.165) is 12.1 Å². The summed E-state index contributed by atoms with van der Waals surface area (Å²) in [5.41, 5.74) is -0.298. The van der Waals surface area contributed by atoms with Crippen LogP contribution in [0.1, 0.15) is 29.8 Å². The van der Waals surface area contributed by atoms with Gasteiger partial charge in [-0.1, -0.05) is 25.4 Å². The minimum atomic E-state index is -4.54. The van der Waals surface area contributed by atoms with E-state index >= 15 is 0 Å². The molecule has 0 saturated carbocycles. The van der Waals surface area contributed by atoms with Crippen molar-refractivity contribution in [3.05, 3.63) is 46.5 Å². The summed E-state index contributed by atoms with van der Waals surface area (Å²) in [6.07, 6.45) is -4.54. The molecule has 0 radical (unpaired) electrons. The smallest absolute Gasteiger partial charge is 0.416 e. The molecular weight excluding hydrogens is 421 g/mol. The second kappa shape index (κ2) is 9.47. The first kappa shape index (κ1) is 23.7. The largest absolute Gasteiger partial charge is 0.493 e. The molecule has 0 bridgehead atoms. The van der Waals surface area contributed by atoms with Gasteiger partial charge in [-0.05, 0) is 36.2 Å². The number of hydrogen-bond donors (Lipinski definition) is 1. The maximum Gasteiger partial charge on any atom is 0.416 e. The zero-order valence-corrected chi connectivity index (χ0v) is 18.1. The number of hydrogen-bond acceptors (Lipinski definition) is 4. The van der Waals surface area contributed by atoms with Crippen LogP contribution in [0, 0.1) is 5.92 Å². The van der Waals surface area contributed by atoms with Gasteiger partial charge >= 0.3 is 6.18 Å². The summed E-state index contributed by atoms with van der Waals surface area (Å²) in [6, 6.07) is 5.98. The third-order valence-electron chi connectivity index (χ3n) is 4.11. The van der Waals surface area contributed by atoms with Gasteiger partial charge in [0, 0.05) is 19.7 Å². The molecule has 2 rings (SSSR count). The summed E-state index contributed by atoms with van der Waals surface area (Å²) in [5, 5.41) is 2.70. The number of anilines is 2. The van der Waals surface area contributed by atoms with Gasteiger partial charge in [-0.15, -0.1) is 0 Å². The maximum atomic E-state index is 13.1. The standard InChI is InChI=1S/C21H24ClF3N2O3/c1-12(2)11-30-19-15(22)8-13(9-18(19)29-5)20(28)26-16-10-14(21(23,24)25)6-7-17(16)27(3)4/h6-10,12H,11H2,1-5H3,(H,26,28). The number of amides is 1. The van der Waals surface area contributed by atoms with E-state index in [1.54, 1.807) is 19.0 Å². The van der Waals surface area contributed by atoms with Gasteiger partial charge in [0.25, 0.3) is 5.91 Å². The van der Waals surface area contributed by atoms with Crippen molar-refractivity contribution < 1.29 is 27.4 Å². The molecule has 0 saturated heterocycles. The van der Waals surface area contributed by atoms with Crippen LogP contribution in [0.5, 0.6) is 11.5 Å². The number of methoxy groups -OCH3 is 1. The molecule has 0 aromatic heterocycles. The second-order valence-electron chi connectivity index (χ2n) is 7.27. The van der Waals surface area contributed by atoms with Crippen molar-refractivity contribution in [1.82, 2.24) is 0 Å². The van der Waals surface area contributed by atoms with E-state index in [4.69, 9.17) is 21.1 Å². The highest BCUT2D eigenvalue weighted by molar-refractivity contribution is 6.32. The van der Waals surface area contributed by atoms with Crippen molar-refractivity contribution in [2.45, 2.75) is 20.0 Å². The predicted octanol–water partition coefficient (Wildman–Crippen LogP) is 5.72. The fourth-order valence-corrected chi connectivity index (χ4v) is 2.90. The van der Waals surface area contributed by atoms with Crippen molar-refractivity contribution in [3.8, 4) is 11.5 Å². The van der Waals surface area contributed by atoms with E-state index in [9.17, 15) is 18.0 Å². The number of alkyl halides is 3. The summed E-state index contributed by atoms with van der Waals surface area (Å²) in [6.45, 7) is 4.34. The van der Waals surface area contributed by atoms with E-state index in [0.29, 0.717) is 18.0 Å². The van der Waals surface area contributed by atoms with Crippen LogP contribution in [-0.2, 0) is 6.18 Å². The van der Waals surface area contributed by atoms with Crippen LogP contribution in [0.15, 0.2) is 30.3 Å². The normalized spacial score (nSPS) is 11.4. The van der Waals surface area contributed by atoms with Gasteiger partial charge in [0.15, 0.2) is 11.5 Å². The van der Waals surface area contributed by atoms with E-state index in [1.165, 1.54) is 25.3 Å². The Bertz CT molecular complexity index is 915. The Kier molecular flexibility index (Phi) is 7.47. The Labute approximate surface area is 178 Å². The molecule has 0 aliphatic carbocycles. The molecule has 0 aliphatic rings. The van der Waals surface area contributed by atoms with E-state index in [-0.39, 0.29) is 27.9 Å². The van der Waals surface area contributed by atoms with Gasteiger partial charge in [0.1, 0.15) is 0 Å². The van der Waals surface area contributed by atoms with Gasteiger partial charge in [0.2, 0.25) is 0 Å². The molecule has 2 aromatic rings. The molecule has 164 valence electrons. The number of benzene rings is 2. The summed E-state index contributed by atoms with van der Waals surface area (Å²) in [4.78, 5) is 14.4. The molecule has 0 spiro atoms.